The molecule has 0 radical (unpaired) electrons. The number of benzene rings is 1. The van der Waals surface area contributed by atoms with Crippen molar-refractivity contribution in [1.82, 2.24) is 14.9 Å². The highest BCUT2D eigenvalue weighted by atomic mass is 32.2. The molecular formula is C21H30N4O5S2. The van der Waals surface area contributed by atoms with Crippen LogP contribution < -0.4 is 19.5 Å². The Morgan fingerprint density at radius 2 is 1.84 bits per heavy atom. The first-order valence-electron chi connectivity index (χ1n) is 11.0. The number of amides is 1. The van der Waals surface area contributed by atoms with Gasteiger partial charge in [-0.1, -0.05) is 31.6 Å². The summed E-state index contributed by atoms with van der Waals surface area (Å²) in [7, 11) is -3.63. The van der Waals surface area contributed by atoms with E-state index >= 15 is 0 Å². The summed E-state index contributed by atoms with van der Waals surface area (Å²) in [5, 5.41) is 12.5. The second-order valence-electron chi connectivity index (χ2n) is 7.52. The standard InChI is InChI=1S/C21H30N4O5S2/c1-3-15(4-2)20-24-25-21(31-20)23-19(26)8-6-5-7-11-22-32(27,28)16-9-10-17-18(14-16)30-13-12-29-17/h9-10,14-15,22H,3-8,11-13H2,1-2H3,(H,23,25,26). The van der Waals surface area contributed by atoms with E-state index in [1.165, 1.54) is 23.5 Å². The van der Waals surface area contributed by atoms with E-state index in [2.05, 4.69) is 34.1 Å². The predicted molar refractivity (Wildman–Crippen MR) is 123 cm³/mol. The van der Waals surface area contributed by atoms with Crippen molar-refractivity contribution < 1.29 is 22.7 Å². The molecule has 1 amide bonds. The van der Waals surface area contributed by atoms with E-state index in [-0.39, 0.29) is 10.8 Å². The van der Waals surface area contributed by atoms with Crippen LogP contribution in [-0.4, -0.2) is 44.3 Å². The molecule has 0 saturated carbocycles. The number of hydrogen-bond acceptors (Lipinski definition) is 8. The third-order valence-electron chi connectivity index (χ3n) is 5.22. The van der Waals surface area contributed by atoms with Crippen LogP contribution in [0.5, 0.6) is 11.5 Å². The largest absolute Gasteiger partial charge is 0.486 e. The summed E-state index contributed by atoms with van der Waals surface area (Å²) in [5.74, 6) is 1.26. The minimum absolute atomic E-state index is 0.103. The molecule has 0 unspecified atom stereocenters. The van der Waals surface area contributed by atoms with Crippen LogP contribution in [0.15, 0.2) is 23.1 Å². The highest BCUT2D eigenvalue weighted by Gasteiger charge is 2.19. The fourth-order valence-corrected chi connectivity index (χ4v) is 5.45. The lowest BCUT2D eigenvalue weighted by molar-refractivity contribution is -0.116. The molecule has 32 heavy (non-hydrogen) atoms. The summed E-state index contributed by atoms with van der Waals surface area (Å²) in [6.45, 7) is 5.38. The maximum Gasteiger partial charge on any atom is 0.240 e. The van der Waals surface area contributed by atoms with E-state index in [1.54, 1.807) is 6.07 Å². The zero-order chi connectivity index (χ0) is 23.0. The monoisotopic (exact) mass is 482 g/mol. The molecule has 1 aromatic heterocycles. The number of ether oxygens (including phenoxy) is 2. The molecule has 9 nitrogen and oxygen atoms in total. The van der Waals surface area contributed by atoms with Gasteiger partial charge in [0.2, 0.25) is 21.1 Å². The number of fused-ring (bicyclic) bond motifs is 1. The Morgan fingerprint density at radius 3 is 2.59 bits per heavy atom. The summed E-state index contributed by atoms with van der Waals surface area (Å²) in [4.78, 5) is 12.3. The lowest BCUT2D eigenvalue weighted by Crippen LogP contribution is -2.25. The number of rotatable bonds is 12. The molecule has 11 heteroatoms. The molecule has 2 heterocycles. The van der Waals surface area contributed by atoms with Crippen LogP contribution in [0, 0.1) is 0 Å². The maximum absolute atomic E-state index is 12.5. The number of nitrogens with zero attached hydrogens (tertiary/aromatic N) is 2. The van der Waals surface area contributed by atoms with Crippen molar-refractivity contribution in [2.45, 2.75) is 63.2 Å². The van der Waals surface area contributed by atoms with Gasteiger partial charge in [-0.25, -0.2) is 13.1 Å². The molecule has 1 aliphatic rings. The molecule has 0 atom stereocenters. The molecule has 1 aromatic carbocycles. The van der Waals surface area contributed by atoms with Gasteiger partial charge >= 0.3 is 0 Å². The normalized spacial score (nSPS) is 13.3. The van der Waals surface area contributed by atoms with Gasteiger partial charge in [-0.3, -0.25) is 4.79 Å². The first kappa shape index (κ1) is 24.4. The van der Waals surface area contributed by atoms with Crippen LogP contribution in [0.1, 0.15) is 63.3 Å². The second-order valence-corrected chi connectivity index (χ2v) is 10.3. The minimum Gasteiger partial charge on any atom is -0.486 e. The number of hydrogen-bond donors (Lipinski definition) is 2. The first-order valence-corrected chi connectivity index (χ1v) is 13.3. The SMILES string of the molecule is CCC(CC)c1nnc(NC(=O)CCCCCNS(=O)(=O)c2ccc3c(c2)OCCO3)s1. The minimum atomic E-state index is -3.63. The molecule has 2 N–H and O–H groups in total. The Balaban J connectivity index is 1.35. The fraction of sp³-hybridized carbons (Fsp3) is 0.571. The highest BCUT2D eigenvalue weighted by molar-refractivity contribution is 7.89. The van der Waals surface area contributed by atoms with Gasteiger partial charge in [-0.05, 0) is 37.8 Å². The molecule has 1 aliphatic heterocycles. The molecular weight excluding hydrogens is 452 g/mol. The average molecular weight is 483 g/mol. The molecule has 0 saturated heterocycles. The van der Waals surface area contributed by atoms with Crippen molar-refractivity contribution in [2.75, 3.05) is 25.1 Å². The number of nitrogens with one attached hydrogen (secondary N) is 2. The van der Waals surface area contributed by atoms with E-state index in [0.29, 0.717) is 61.6 Å². The number of carbonyl (C=O) groups excluding carboxylic acids is 1. The van der Waals surface area contributed by atoms with Crippen LogP contribution in [0.4, 0.5) is 5.13 Å². The van der Waals surface area contributed by atoms with Gasteiger partial charge in [-0.15, -0.1) is 10.2 Å². The van der Waals surface area contributed by atoms with Gasteiger partial charge in [0.1, 0.15) is 18.2 Å². The van der Waals surface area contributed by atoms with E-state index < -0.39 is 10.0 Å². The number of anilines is 1. The molecule has 3 rings (SSSR count). The van der Waals surface area contributed by atoms with E-state index in [1.807, 2.05) is 0 Å². The topological polar surface area (TPSA) is 120 Å². The van der Waals surface area contributed by atoms with Crippen molar-refractivity contribution in [3.63, 3.8) is 0 Å². The summed E-state index contributed by atoms with van der Waals surface area (Å²) in [6.07, 6.45) is 4.38. The van der Waals surface area contributed by atoms with Crippen LogP contribution >= 0.6 is 11.3 Å². The van der Waals surface area contributed by atoms with Crippen LogP contribution in [0.2, 0.25) is 0 Å². The number of carbonyl (C=O) groups is 1. The zero-order valence-corrected chi connectivity index (χ0v) is 20.1. The lowest BCUT2D eigenvalue weighted by Gasteiger charge is -2.18. The van der Waals surface area contributed by atoms with E-state index in [9.17, 15) is 13.2 Å². The molecule has 0 fully saturated rings. The second kappa shape index (κ2) is 11.6. The Hall–Kier alpha value is -2.24. The summed E-state index contributed by atoms with van der Waals surface area (Å²) in [6, 6.07) is 4.58. The molecule has 2 aromatic rings. The van der Waals surface area contributed by atoms with Crippen molar-refractivity contribution in [3.8, 4) is 11.5 Å². The van der Waals surface area contributed by atoms with Crippen LogP contribution in [0.25, 0.3) is 0 Å². The zero-order valence-electron chi connectivity index (χ0n) is 18.4. The maximum atomic E-state index is 12.5. The molecule has 0 spiro atoms. The van der Waals surface area contributed by atoms with Gasteiger partial charge in [0.15, 0.2) is 11.5 Å². The lowest BCUT2D eigenvalue weighted by atomic mass is 10.1. The molecule has 0 bridgehead atoms. The van der Waals surface area contributed by atoms with Gasteiger partial charge in [0.05, 0.1) is 4.90 Å². The smallest absolute Gasteiger partial charge is 0.240 e. The van der Waals surface area contributed by atoms with Crippen LogP contribution in [-0.2, 0) is 14.8 Å². The van der Waals surface area contributed by atoms with Crippen molar-refractivity contribution >= 4 is 32.4 Å². The van der Waals surface area contributed by atoms with Crippen molar-refractivity contribution in [1.29, 1.82) is 0 Å². The Labute approximate surface area is 193 Å². The third kappa shape index (κ3) is 6.63. The van der Waals surface area contributed by atoms with Gasteiger partial charge < -0.3 is 14.8 Å². The van der Waals surface area contributed by atoms with E-state index in [4.69, 9.17) is 9.47 Å². The first-order chi connectivity index (χ1) is 15.4. The van der Waals surface area contributed by atoms with E-state index in [0.717, 1.165) is 24.3 Å². The Morgan fingerprint density at radius 1 is 1.09 bits per heavy atom. The van der Waals surface area contributed by atoms with Gasteiger partial charge in [0.25, 0.3) is 0 Å². The van der Waals surface area contributed by atoms with Crippen molar-refractivity contribution in [2.24, 2.45) is 0 Å². The predicted octanol–water partition coefficient (Wildman–Crippen LogP) is 3.69. The number of sulfonamides is 1. The van der Waals surface area contributed by atoms with Gasteiger partial charge in [-0.2, -0.15) is 0 Å². The average Bonchev–Trinajstić information content (AvgIpc) is 3.24. The number of unbranched alkanes of at least 4 members (excludes halogenated alkanes) is 2. The summed E-state index contributed by atoms with van der Waals surface area (Å²) < 4.78 is 38.4. The van der Waals surface area contributed by atoms with Crippen LogP contribution in [0.3, 0.4) is 0 Å². The molecule has 176 valence electrons. The number of aromatic nitrogens is 2. The van der Waals surface area contributed by atoms with Crippen molar-refractivity contribution in [3.05, 3.63) is 23.2 Å². The molecule has 0 aliphatic carbocycles. The quantitative estimate of drug-likeness (QED) is 0.443. The van der Waals surface area contributed by atoms with Gasteiger partial charge in [0, 0.05) is 24.9 Å². The fourth-order valence-electron chi connectivity index (χ4n) is 3.34. The third-order valence-corrected chi connectivity index (χ3v) is 7.68. The Bertz CT molecular complexity index is 1010. The highest BCUT2D eigenvalue weighted by Crippen LogP contribution is 2.32. The summed E-state index contributed by atoms with van der Waals surface area (Å²) in [5.41, 5.74) is 0. The Kier molecular flexibility index (Phi) is 8.83. The summed E-state index contributed by atoms with van der Waals surface area (Å²) >= 11 is 1.43.